The van der Waals surface area contributed by atoms with Gasteiger partial charge in [-0.3, -0.25) is 4.79 Å². The maximum absolute atomic E-state index is 13.0. The topological polar surface area (TPSA) is 37.3 Å². The van der Waals surface area contributed by atoms with Crippen molar-refractivity contribution in [3.63, 3.8) is 0 Å². The lowest BCUT2D eigenvalue weighted by molar-refractivity contribution is -0.154. The molecule has 0 heterocycles. The third-order valence-electron chi connectivity index (χ3n) is 3.05. The molecule has 1 fully saturated rings. The van der Waals surface area contributed by atoms with Crippen LogP contribution in [0.3, 0.4) is 0 Å². The number of alkyl halides is 2. The number of carbonyl (C=O) groups is 1. The summed E-state index contributed by atoms with van der Waals surface area (Å²) < 4.78 is 26.0. The van der Waals surface area contributed by atoms with E-state index in [0.717, 1.165) is 0 Å². The summed E-state index contributed by atoms with van der Waals surface area (Å²) in [4.78, 5) is 10.8. The van der Waals surface area contributed by atoms with Crippen molar-refractivity contribution < 1.29 is 18.7 Å². The molecule has 1 saturated carbocycles. The molecule has 0 saturated heterocycles. The van der Waals surface area contributed by atoms with Crippen molar-refractivity contribution >= 4 is 5.97 Å². The van der Waals surface area contributed by atoms with Gasteiger partial charge in [0, 0.05) is 12.8 Å². The highest BCUT2D eigenvalue weighted by atomic mass is 19.3. The molecular weight excluding hydrogens is 190 g/mol. The van der Waals surface area contributed by atoms with E-state index in [9.17, 15) is 13.6 Å². The number of rotatable bonds is 2. The van der Waals surface area contributed by atoms with Crippen LogP contribution in [-0.2, 0) is 4.79 Å². The van der Waals surface area contributed by atoms with Crippen LogP contribution in [-0.4, -0.2) is 17.0 Å². The minimum Gasteiger partial charge on any atom is -0.481 e. The van der Waals surface area contributed by atoms with E-state index in [1.807, 2.05) is 13.8 Å². The molecule has 1 N–H and O–H groups in total. The van der Waals surface area contributed by atoms with Crippen LogP contribution < -0.4 is 0 Å². The summed E-state index contributed by atoms with van der Waals surface area (Å²) in [5.41, 5.74) is 0. The van der Waals surface area contributed by atoms with Crippen LogP contribution in [0.2, 0.25) is 0 Å². The van der Waals surface area contributed by atoms with Gasteiger partial charge in [-0.2, -0.15) is 0 Å². The van der Waals surface area contributed by atoms with Gasteiger partial charge in [-0.15, -0.1) is 0 Å². The van der Waals surface area contributed by atoms with Crippen molar-refractivity contribution in [1.29, 1.82) is 0 Å². The zero-order chi connectivity index (χ0) is 10.9. The highest BCUT2D eigenvalue weighted by Crippen LogP contribution is 2.42. The lowest BCUT2D eigenvalue weighted by Gasteiger charge is -2.35. The molecule has 0 radical (unpaired) electrons. The fourth-order valence-electron chi connectivity index (χ4n) is 2.22. The van der Waals surface area contributed by atoms with Crippen LogP contribution in [0.15, 0.2) is 0 Å². The molecule has 1 rings (SSSR count). The Labute approximate surface area is 82.3 Å². The minimum atomic E-state index is -2.78. The van der Waals surface area contributed by atoms with Crippen molar-refractivity contribution in [2.75, 3.05) is 0 Å². The number of aliphatic carboxylic acids is 1. The second-order valence-corrected chi connectivity index (χ2v) is 4.45. The highest BCUT2D eigenvalue weighted by Gasteiger charge is 2.45. The number of hydrogen-bond acceptors (Lipinski definition) is 1. The Morgan fingerprint density at radius 2 is 2.07 bits per heavy atom. The molecule has 0 amide bonds. The van der Waals surface area contributed by atoms with Crippen LogP contribution in [0.1, 0.15) is 33.1 Å². The Hall–Kier alpha value is -0.670. The first-order chi connectivity index (χ1) is 6.33. The SMILES string of the molecule is CC(C)C1CCC(F)(F)CC1C(=O)O. The van der Waals surface area contributed by atoms with E-state index in [-0.39, 0.29) is 18.3 Å². The molecule has 4 heteroatoms. The van der Waals surface area contributed by atoms with Gasteiger partial charge in [0.1, 0.15) is 0 Å². The van der Waals surface area contributed by atoms with Gasteiger partial charge in [0.25, 0.3) is 0 Å². The predicted molar refractivity (Wildman–Crippen MR) is 48.3 cm³/mol. The predicted octanol–water partition coefficient (Wildman–Crippen LogP) is 2.78. The molecule has 0 aromatic rings. The second-order valence-electron chi connectivity index (χ2n) is 4.45. The summed E-state index contributed by atoms with van der Waals surface area (Å²) in [5.74, 6) is -4.69. The normalized spacial score (nSPS) is 31.8. The molecule has 0 aromatic carbocycles. The third-order valence-corrected chi connectivity index (χ3v) is 3.05. The molecule has 0 spiro atoms. The van der Waals surface area contributed by atoms with E-state index in [0.29, 0.717) is 6.42 Å². The van der Waals surface area contributed by atoms with Gasteiger partial charge in [-0.25, -0.2) is 8.78 Å². The van der Waals surface area contributed by atoms with E-state index in [1.165, 1.54) is 0 Å². The summed E-state index contributed by atoms with van der Waals surface area (Å²) in [6, 6.07) is 0. The molecule has 1 aliphatic rings. The molecule has 14 heavy (non-hydrogen) atoms. The van der Waals surface area contributed by atoms with E-state index in [4.69, 9.17) is 5.11 Å². The number of hydrogen-bond donors (Lipinski definition) is 1. The lowest BCUT2D eigenvalue weighted by atomic mass is 9.72. The molecular formula is C10H16F2O2. The summed E-state index contributed by atoms with van der Waals surface area (Å²) in [5, 5.41) is 8.86. The zero-order valence-corrected chi connectivity index (χ0v) is 8.46. The molecule has 1 aliphatic carbocycles. The molecule has 0 bridgehead atoms. The van der Waals surface area contributed by atoms with E-state index < -0.39 is 24.2 Å². The van der Waals surface area contributed by atoms with Crippen molar-refractivity contribution in [1.82, 2.24) is 0 Å². The fraction of sp³-hybridized carbons (Fsp3) is 0.900. The lowest BCUT2D eigenvalue weighted by Crippen LogP contribution is -2.38. The van der Waals surface area contributed by atoms with Gasteiger partial charge < -0.3 is 5.11 Å². The average molecular weight is 206 g/mol. The third kappa shape index (κ3) is 2.42. The first kappa shape index (κ1) is 11.4. The fourth-order valence-corrected chi connectivity index (χ4v) is 2.22. The summed E-state index contributed by atoms with van der Waals surface area (Å²) >= 11 is 0. The van der Waals surface area contributed by atoms with Gasteiger partial charge in [-0.1, -0.05) is 13.8 Å². The van der Waals surface area contributed by atoms with Crippen molar-refractivity contribution in [3.8, 4) is 0 Å². The molecule has 2 unspecified atom stereocenters. The Bertz CT molecular complexity index is 226. The van der Waals surface area contributed by atoms with Gasteiger partial charge >= 0.3 is 5.97 Å². The van der Waals surface area contributed by atoms with Crippen LogP contribution in [0.4, 0.5) is 8.78 Å². The second kappa shape index (κ2) is 3.83. The minimum absolute atomic E-state index is 0.105. The van der Waals surface area contributed by atoms with Gasteiger partial charge in [0.2, 0.25) is 5.92 Å². The number of carboxylic acids is 1. The first-order valence-electron chi connectivity index (χ1n) is 4.94. The molecule has 0 aliphatic heterocycles. The smallest absolute Gasteiger partial charge is 0.307 e. The first-order valence-corrected chi connectivity index (χ1v) is 4.94. The van der Waals surface area contributed by atoms with E-state index in [2.05, 4.69) is 0 Å². The Morgan fingerprint density at radius 3 is 2.50 bits per heavy atom. The number of carboxylic acid groups (broad SMARTS) is 1. The highest BCUT2D eigenvalue weighted by molar-refractivity contribution is 5.70. The Balaban J connectivity index is 2.76. The monoisotopic (exact) mass is 206 g/mol. The van der Waals surface area contributed by atoms with Crippen LogP contribution in [0.5, 0.6) is 0 Å². The van der Waals surface area contributed by atoms with E-state index in [1.54, 1.807) is 0 Å². The van der Waals surface area contributed by atoms with Gasteiger partial charge in [0.05, 0.1) is 5.92 Å². The molecule has 0 aromatic heterocycles. The zero-order valence-electron chi connectivity index (χ0n) is 8.46. The van der Waals surface area contributed by atoms with Crippen molar-refractivity contribution in [2.45, 2.75) is 39.0 Å². The van der Waals surface area contributed by atoms with Crippen LogP contribution in [0.25, 0.3) is 0 Å². The van der Waals surface area contributed by atoms with Crippen molar-refractivity contribution in [2.24, 2.45) is 17.8 Å². The van der Waals surface area contributed by atoms with Crippen LogP contribution >= 0.6 is 0 Å². The Kier molecular flexibility index (Phi) is 3.12. The van der Waals surface area contributed by atoms with Crippen LogP contribution in [0, 0.1) is 17.8 Å². The van der Waals surface area contributed by atoms with Gasteiger partial charge in [-0.05, 0) is 18.3 Å². The molecule has 2 atom stereocenters. The molecule has 82 valence electrons. The number of halogens is 2. The maximum Gasteiger partial charge on any atom is 0.307 e. The molecule has 2 nitrogen and oxygen atoms in total. The van der Waals surface area contributed by atoms with E-state index >= 15 is 0 Å². The summed E-state index contributed by atoms with van der Waals surface area (Å²) in [6.45, 7) is 3.79. The maximum atomic E-state index is 13.0. The quantitative estimate of drug-likeness (QED) is 0.754. The van der Waals surface area contributed by atoms with Gasteiger partial charge in [0.15, 0.2) is 0 Å². The van der Waals surface area contributed by atoms with Crippen molar-refractivity contribution in [3.05, 3.63) is 0 Å². The average Bonchev–Trinajstić information content (AvgIpc) is 2.01. The summed E-state index contributed by atoms with van der Waals surface area (Å²) in [7, 11) is 0. The summed E-state index contributed by atoms with van der Waals surface area (Å²) in [6.07, 6.45) is -0.341. The standard InChI is InChI=1S/C10H16F2O2/c1-6(2)7-3-4-10(11,12)5-8(7)9(13)14/h6-8H,3-5H2,1-2H3,(H,13,14). The largest absolute Gasteiger partial charge is 0.481 e. The Morgan fingerprint density at radius 1 is 1.50 bits per heavy atom.